The van der Waals surface area contributed by atoms with E-state index >= 15 is 0 Å². The van der Waals surface area contributed by atoms with Crippen molar-refractivity contribution in [1.82, 2.24) is 10.6 Å². The minimum Gasteiger partial charge on any atom is -0.359 e. The molecule has 0 amide bonds. The summed E-state index contributed by atoms with van der Waals surface area (Å²) in [6.07, 6.45) is 2.86. The van der Waals surface area contributed by atoms with Crippen molar-refractivity contribution in [1.29, 1.82) is 0 Å². The van der Waals surface area contributed by atoms with Gasteiger partial charge in [0.15, 0.2) is 5.11 Å². The summed E-state index contributed by atoms with van der Waals surface area (Å²) < 4.78 is 0. The summed E-state index contributed by atoms with van der Waals surface area (Å²) in [4.78, 5) is 0. The molecule has 2 N–H and O–H groups in total. The number of aryl methyl sites for hydroxylation is 1. The van der Waals surface area contributed by atoms with E-state index in [2.05, 4.69) is 55.3 Å². The van der Waals surface area contributed by atoms with Crippen LogP contribution in [0.3, 0.4) is 0 Å². The molecule has 92 valence electrons. The van der Waals surface area contributed by atoms with Crippen LogP contribution in [0.5, 0.6) is 0 Å². The number of hydrogen-bond acceptors (Lipinski definition) is 1. The monoisotopic (exact) mass is 248 g/mol. The molecular formula is C14H20N2S. The zero-order valence-corrected chi connectivity index (χ0v) is 11.3. The molecule has 2 nitrogen and oxygen atoms in total. The van der Waals surface area contributed by atoms with Gasteiger partial charge in [0.25, 0.3) is 0 Å². The number of benzene rings is 1. The Morgan fingerprint density at radius 3 is 2.59 bits per heavy atom. The third-order valence-corrected chi connectivity index (χ3v) is 2.90. The normalized spacial score (nSPS) is 11.6. The predicted octanol–water partition coefficient (Wildman–Crippen LogP) is 2.96. The molecular weight excluding hydrogens is 228 g/mol. The molecule has 0 fully saturated rings. The maximum atomic E-state index is 5.17. The Bertz CT molecular complexity index is 370. The lowest BCUT2D eigenvalue weighted by molar-refractivity contribution is 0.705. The van der Waals surface area contributed by atoms with Crippen molar-refractivity contribution in [3.05, 3.63) is 48.0 Å². The molecule has 0 saturated carbocycles. The van der Waals surface area contributed by atoms with Crippen molar-refractivity contribution in [2.45, 2.75) is 26.3 Å². The fraction of sp³-hybridized carbons (Fsp3) is 0.357. The lowest BCUT2D eigenvalue weighted by Crippen LogP contribution is -2.36. The van der Waals surface area contributed by atoms with Crippen LogP contribution >= 0.6 is 12.2 Å². The maximum absolute atomic E-state index is 5.17. The third kappa shape index (κ3) is 4.57. The van der Waals surface area contributed by atoms with E-state index in [1.54, 1.807) is 6.08 Å². The molecule has 0 aliphatic heterocycles. The number of thiocarbonyl (C=S) groups is 1. The quantitative estimate of drug-likeness (QED) is 0.619. The zero-order chi connectivity index (χ0) is 12.7. The Hall–Kier alpha value is -1.35. The average Bonchev–Trinajstić information content (AvgIpc) is 2.36. The Labute approximate surface area is 109 Å². The van der Waals surface area contributed by atoms with Crippen molar-refractivity contribution in [2.24, 2.45) is 0 Å². The first-order valence-electron chi connectivity index (χ1n) is 5.91. The Balaban J connectivity index is 2.53. The highest BCUT2D eigenvalue weighted by molar-refractivity contribution is 7.80. The molecule has 0 spiro atoms. The maximum Gasteiger partial charge on any atom is 0.167 e. The largest absolute Gasteiger partial charge is 0.359 e. The van der Waals surface area contributed by atoms with Crippen molar-refractivity contribution in [3.63, 3.8) is 0 Å². The number of rotatable bonds is 5. The van der Waals surface area contributed by atoms with Crippen molar-refractivity contribution >= 4 is 17.3 Å². The molecule has 0 aliphatic carbocycles. The molecule has 3 heteroatoms. The standard InChI is InChI=1S/C14H20N2S/c1-4-10-15-14(17)16-11(3)13-8-6-12(5-2)7-9-13/h4,6-9,11H,1,5,10H2,2-3H3,(H2,15,16,17). The second kappa shape index (κ2) is 7.07. The molecule has 0 aliphatic rings. The van der Waals surface area contributed by atoms with E-state index in [0.717, 1.165) is 6.42 Å². The van der Waals surface area contributed by atoms with Crippen LogP contribution in [-0.2, 0) is 6.42 Å². The molecule has 1 rings (SSSR count). The van der Waals surface area contributed by atoms with Crippen LogP contribution in [0.2, 0.25) is 0 Å². The van der Waals surface area contributed by atoms with Crippen molar-refractivity contribution in [3.8, 4) is 0 Å². The molecule has 0 heterocycles. The summed E-state index contributed by atoms with van der Waals surface area (Å²) in [7, 11) is 0. The number of hydrogen-bond donors (Lipinski definition) is 2. The van der Waals surface area contributed by atoms with Crippen LogP contribution in [0.15, 0.2) is 36.9 Å². The van der Waals surface area contributed by atoms with E-state index in [9.17, 15) is 0 Å². The summed E-state index contributed by atoms with van der Waals surface area (Å²) in [5, 5.41) is 6.96. The topological polar surface area (TPSA) is 24.1 Å². The molecule has 0 bridgehead atoms. The van der Waals surface area contributed by atoms with Crippen molar-refractivity contribution in [2.75, 3.05) is 6.54 Å². The summed E-state index contributed by atoms with van der Waals surface area (Å²) in [5.74, 6) is 0. The highest BCUT2D eigenvalue weighted by atomic mass is 32.1. The molecule has 1 aromatic rings. The fourth-order valence-electron chi connectivity index (χ4n) is 1.54. The van der Waals surface area contributed by atoms with Crippen LogP contribution in [0, 0.1) is 0 Å². The van der Waals surface area contributed by atoms with Crippen LogP contribution in [0.1, 0.15) is 31.0 Å². The molecule has 0 radical (unpaired) electrons. The fourth-order valence-corrected chi connectivity index (χ4v) is 1.80. The Morgan fingerprint density at radius 1 is 1.41 bits per heavy atom. The smallest absolute Gasteiger partial charge is 0.167 e. The highest BCUT2D eigenvalue weighted by Crippen LogP contribution is 2.13. The second-order valence-electron chi connectivity index (χ2n) is 3.96. The van der Waals surface area contributed by atoms with Gasteiger partial charge < -0.3 is 10.6 Å². The minimum absolute atomic E-state index is 0.214. The number of nitrogens with one attached hydrogen (secondary N) is 2. The minimum atomic E-state index is 0.214. The third-order valence-electron chi connectivity index (χ3n) is 2.64. The van der Waals surface area contributed by atoms with Gasteiger partial charge >= 0.3 is 0 Å². The van der Waals surface area contributed by atoms with Gasteiger partial charge in [0.1, 0.15) is 0 Å². The highest BCUT2D eigenvalue weighted by Gasteiger charge is 2.05. The lowest BCUT2D eigenvalue weighted by Gasteiger charge is -2.17. The first-order chi connectivity index (χ1) is 8.17. The van der Waals surface area contributed by atoms with Gasteiger partial charge in [0.05, 0.1) is 6.04 Å². The average molecular weight is 248 g/mol. The van der Waals surface area contributed by atoms with E-state index in [1.165, 1.54) is 11.1 Å². The summed E-state index contributed by atoms with van der Waals surface area (Å²) in [6, 6.07) is 8.83. The molecule has 1 aromatic carbocycles. The van der Waals surface area contributed by atoms with E-state index in [4.69, 9.17) is 12.2 Å². The SMILES string of the molecule is C=CCNC(=S)NC(C)c1ccc(CC)cc1. The first-order valence-corrected chi connectivity index (χ1v) is 6.32. The van der Waals surface area contributed by atoms with Gasteiger partial charge in [-0.1, -0.05) is 37.3 Å². The Kier molecular flexibility index (Phi) is 5.70. The van der Waals surface area contributed by atoms with Gasteiger partial charge in [0, 0.05) is 6.54 Å². The van der Waals surface area contributed by atoms with Gasteiger partial charge in [-0.3, -0.25) is 0 Å². The first kappa shape index (κ1) is 13.7. The van der Waals surface area contributed by atoms with E-state index < -0.39 is 0 Å². The Morgan fingerprint density at radius 2 is 2.06 bits per heavy atom. The summed E-state index contributed by atoms with van der Waals surface area (Å²) >= 11 is 5.17. The van der Waals surface area contributed by atoms with Crippen LogP contribution < -0.4 is 10.6 Å². The summed E-state index contributed by atoms with van der Waals surface area (Å²) in [5.41, 5.74) is 2.60. The zero-order valence-electron chi connectivity index (χ0n) is 10.5. The van der Waals surface area contributed by atoms with Gasteiger partial charge in [0.2, 0.25) is 0 Å². The van der Waals surface area contributed by atoms with Crippen LogP contribution in [0.25, 0.3) is 0 Å². The van der Waals surface area contributed by atoms with E-state index in [0.29, 0.717) is 11.7 Å². The lowest BCUT2D eigenvalue weighted by atomic mass is 10.1. The van der Waals surface area contributed by atoms with E-state index in [1.807, 2.05) is 0 Å². The molecule has 17 heavy (non-hydrogen) atoms. The van der Waals surface area contributed by atoms with Gasteiger partial charge in [-0.25, -0.2) is 0 Å². The molecule has 0 saturated heterocycles. The van der Waals surface area contributed by atoms with Crippen LogP contribution in [-0.4, -0.2) is 11.7 Å². The molecule has 1 unspecified atom stereocenters. The van der Waals surface area contributed by atoms with Crippen molar-refractivity contribution < 1.29 is 0 Å². The second-order valence-corrected chi connectivity index (χ2v) is 4.37. The van der Waals surface area contributed by atoms with Gasteiger partial charge in [-0.15, -0.1) is 6.58 Å². The predicted molar refractivity (Wildman–Crippen MR) is 78.2 cm³/mol. The molecule has 1 atom stereocenters. The summed E-state index contributed by atoms with van der Waals surface area (Å²) in [6.45, 7) is 8.58. The molecule has 0 aromatic heterocycles. The van der Waals surface area contributed by atoms with Crippen LogP contribution in [0.4, 0.5) is 0 Å². The van der Waals surface area contributed by atoms with Gasteiger partial charge in [-0.2, -0.15) is 0 Å². The van der Waals surface area contributed by atoms with Gasteiger partial charge in [-0.05, 0) is 36.7 Å². The van der Waals surface area contributed by atoms with E-state index in [-0.39, 0.29) is 6.04 Å².